The molecule has 0 saturated carbocycles. The number of amides is 2. The quantitative estimate of drug-likeness (QED) is 0.743. The first kappa shape index (κ1) is 19.7. The van der Waals surface area contributed by atoms with E-state index < -0.39 is 0 Å². The predicted octanol–water partition coefficient (Wildman–Crippen LogP) is 2.61. The molecule has 0 radical (unpaired) electrons. The highest BCUT2D eigenvalue weighted by molar-refractivity contribution is 5.74. The van der Waals surface area contributed by atoms with E-state index >= 15 is 0 Å². The van der Waals surface area contributed by atoms with Crippen LogP contribution >= 0.6 is 0 Å². The van der Waals surface area contributed by atoms with Crippen molar-refractivity contribution >= 4 is 11.7 Å². The topological polar surface area (TPSA) is 63.3 Å². The van der Waals surface area contributed by atoms with Crippen molar-refractivity contribution in [3.05, 3.63) is 48.5 Å². The van der Waals surface area contributed by atoms with Crippen LogP contribution in [0.4, 0.5) is 10.5 Å². The third-order valence-electron chi connectivity index (χ3n) is 4.69. The number of nitrogens with one attached hydrogen (secondary N) is 1. The summed E-state index contributed by atoms with van der Waals surface area (Å²) in [4.78, 5) is 16.4. The van der Waals surface area contributed by atoms with Crippen molar-refractivity contribution in [2.45, 2.75) is 0 Å². The van der Waals surface area contributed by atoms with E-state index in [9.17, 15) is 4.79 Å². The van der Waals surface area contributed by atoms with Crippen LogP contribution in [0.15, 0.2) is 48.5 Å². The first-order valence-electron chi connectivity index (χ1n) is 9.38. The van der Waals surface area contributed by atoms with Gasteiger partial charge in [0.2, 0.25) is 0 Å². The number of anilines is 1. The van der Waals surface area contributed by atoms with Crippen molar-refractivity contribution in [2.24, 2.45) is 0 Å². The van der Waals surface area contributed by atoms with Crippen LogP contribution in [-0.4, -0.2) is 64.5 Å². The number of nitrogens with zero attached hydrogens (tertiary/aromatic N) is 2. The molecule has 0 atom stereocenters. The minimum absolute atomic E-state index is 0.0522. The van der Waals surface area contributed by atoms with E-state index in [2.05, 4.69) is 16.3 Å². The van der Waals surface area contributed by atoms with Gasteiger partial charge < -0.3 is 29.3 Å². The van der Waals surface area contributed by atoms with Gasteiger partial charge in [0, 0.05) is 37.9 Å². The maximum atomic E-state index is 12.3. The van der Waals surface area contributed by atoms with Gasteiger partial charge in [-0.3, -0.25) is 0 Å². The van der Waals surface area contributed by atoms with Gasteiger partial charge in [-0.1, -0.05) is 6.07 Å². The second kappa shape index (κ2) is 9.73. The van der Waals surface area contributed by atoms with Crippen LogP contribution in [0.3, 0.4) is 0 Å². The van der Waals surface area contributed by atoms with E-state index in [4.69, 9.17) is 14.2 Å². The van der Waals surface area contributed by atoms with Gasteiger partial charge in [0.05, 0.1) is 20.8 Å². The van der Waals surface area contributed by atoms with Gasteiger partial charge in [0.1, 0.15) is 23.9 Å². The molecule has 1 aliphatic rings. The maximum absolute atomic E-state index is 12.3. The average molecular weight is 385 g/mol. The molecule has 2 aromatic carbocycles. The van der Waals surface area contributed by atoms with Crippen molar-refractivity contribution in [1.29, 1.82) is 0 Å². The molecule has 1 fully saturated rings. The lowest BCUT2D eigenvalue weighted by Crippen LogP contribution is -2.52. The molecule has 0 aromatic heterocycles. The highest BCUT2D eigenvalue weighted by Crippen LogP contribution is 2.22. The van der Waals surface area contributed by atoms with Gasteiger partial charge in [-0.15, -0.1) is 0 Å². The molecule has 0 aliphatic carbocycles. The molecule has 7 nitrogen and oxygen atoms in total. The fraction of sp³-hybridized carbons (Fsp3) is 0.381. The Balaban J connectivity index is 1.37. The molecular weight excluding hydrogens is 358 g/mol. The highest BCUT2D eigenvalue weighted by Gasteiger charge is 2.21. The molecule has 0 spiro atoms. The van der Waals surface area contributed by atoms with Crippen LogP contribution in [0.1, 0.15) is 0 Å². The summed E-state index contributed by atoms with van der Waals surface area (Å²) >= 11 is 0. The molecule has 28 heavy (non-hydrogen) atoms. The van der Waals surface area contributed by atoms with Crippen LogP contribution in [0.25, 0.3) is 0 Å². The second-order valence-electron chi connectivity index (χ2n) is 6.43. The number of benzene rings is 2. The van der Waals surface area contributed by atoms with Gasteiger partial charge in [0.25, 0.3) is 0 Å². The summed E-state index contributed by atoms with van der Waals surface area (Å²) in [5.74, 6) is 2.38. The number of carbonyl (C=O) groups excluding carboxylic acids is 1. The number of ether oxygens (including phenoxy) is 3. The molecule has 0 unspecified atom stereocenters. The third-order valence-corrected chi connectivity index (χ3v) is 4.69. The number of hydrogen-bond donors (Lipinski definition) is 1. The Kier molecular flexibility index (Phi) is 6.84. The fourth-order valence-electron chi connectivity index (χ4n) is 3.09. The molecule has 2 aromatic rings. The van der Waals surface area contributed by atoms with Crippen molar-refractivity contribution in [3.8, 4) is 17.2 Å². The zero-order valence-electron chi connectivity index (χ0n) is 16.4. The Hall–Kier alpha value is -3.09. The summed E-state index contributed by atoms with van der Waals surface area (Å²) < 4.78 is 16.0. The van der Waals surface area contributed by atoms with Crippen molar-refractivity contribution in [3.63, 3.8) is 0 Å². The Labute approximate surface area is 165 Å². The molecule has 3 rings (SSSR count). The molecule has 150 valence electrons. The number of methoxy groups -OCH3 is 2. The number of hydrogen-bond acceptors (Lipinski definition) is 5. The SMILES string of the molecule is COc1ccc(OCCNC(=O)N2CCN(c3cccc(OC)c3)CC2)cc1. The Morgan fingerprint density at radius 2 is 1.61 bits per heavy atom. The van der Waals surface area contributed by atoms with Crippen LogP contribution in [0.2, 0.25) is 0 Å². The molecule has 1 heterocycles. The molecule has 1 saturated heterocycles. The molecule has 7 heteroatoms. The zero-order chi connectivity index (χ0) is 19.8. The molecule has 1 aliphatic heterocycles. The van der Waals surface area contributed by atoms with Crippen LogP contribution in [0, 0.1) is 0 Å². The summed E-state index contributed by atoms with van der Waals surface area (Å²) in [6.07, 6.45) is 0. The zero-order valence-corrected chi connectivity index (χ0v) is 16.4. The van der Waals surface area contributed by atoms with E-state index in [-0.39, 0.29) is 6.03 Å². The third kappa shape index (κ3) is 5.22. The maximum Gasteiger partial charge on any atom is 0.317 e. The molecule has 1 N–H and O–H groups in total. The molecule has 0 bridgehead atoms. The lowest BCUT2D eigenvalue weighted by atomic mass is 10.2. The van der Waals surface area contributed by atoms with Gasteiger partial charge in [0.15, 0.2) is 0 Å². The van der Waals surface area contributed by atoms with E-state index in [0.717, 1.165) is 36.0 Å². The van der Waals surface area contributed by atoms with E-state index in [1.807, 2.05) is 47.4 Å². The Morgan fingerprint density at radius 1 is 0.929 bits per heavy atom. The smallest absolute Gasteiger partial charge is 0.317 e. The first-order valence-corrected chi connectivity index (χ1v) is 9.38. The Bertz CT molecular complexity index is 759. The lowest BCUT2D eigenvalue weighted by molar-refractivity contribution is 0.191. The van der Waals surface area contributed by atoms with Crippen molar-refractivity contribution < 1.29 is 19.0 Å². The summed E-state index contributed by atoms with van der Waals surface area (Å²) in [7, 11) is 3.29. The van der Waals surface area contributed by atoms with E-state index in [1.165, 1.54) is 0 Å². The normalized spacial score (nSPS) is 13.8. The molecule has 2 amide bonds. The van der Waals surface area contributed by atoms with Crippen molar-refractivity contribution in [2.75, 3.05) is 58.5 Å². The van der Waals surface area contributed by atoms with Crippen LogP contribution in [0.5, 0.6) is 17.2 Å². The van der Waals surface area contributed by atoms with Crippen molar-refractivity contribution in [1.82, 2.24) is 10.2 Å². The number of piperazine rings is 1. The second-order valence-corrected chi connectivity index (χ2v) is 6.43. The van der Waals surface area contributed by atoms with E-state index in [0.29, 0.717) is 26.2 Å². The number of rotatable bonds is 7. The summed E-state index contributed by atoms with van der Waals surface area (Å²) in [5.41, 5.74) is 1.12. The lowest BCUT2D eigenvalue weighted by Gasteiger charge is -2.36. The minimum atomic E-state index is -0.0522. The average Bonchev–Trinajstić information content (AvgIpc) is 2.77. The van der Waals surface area contributed by atoms with Gasteiger partial charge in [-0.25, -0.2) is 4.79 Å². The number of urea groups is 1. The monoisotopic (exact) mass is 385 g/mol. The van der Waals surface area contributed by atoms with Gasteiger partial charge >= 0.3 is 6.03 Å². The minimum Gasteiger partial charge on any atom is -0.497 e. The van der Waals surface area contributed by atoms with Gasteiger partial charge in [-0.2, -0.15) is 0 Å². The van der Waals surface area contributed by atoms with Crippen LogP contribution < -0.4 is 24.4 Å². The fourth-order valence-corrected chi connectivity index (χ4v) is 3.09. The first-order chi connectivity index (χ1) is 13.7. The standard InChI is InChI=1S/C21H27N3O4/c1-26-18-6-8-19(9-7-18)28-15-10-22-21(25)24-13-11-23(12-14-24)17-4-3-5-20(16-17)27-2/h3-9,16H,10-15H2,1-2H3,(H,22,25). The summed E-state index contributed by atoms with van der Waals surface area (Å²) in [6, 6.07) is 15.3. The predicted molar refractivity (Wildman–Crippen MR) is 109 cm³/mol. The summed E-state index contributed by atoms with van der Waals surface area (Å²) in [6.45, 7) is 3.83. The number of carbonyl (C=O) groups is 1. The highest BCUT2D eigenvalue weighted by atomic mass is 16.5. The summed E-state index contributed by atoms with van der Waals surface area (Å²) in [5, 5.41) is 2.92. The molecular formula is C21H27N3O4. The van der Waals surface area contributed by atoms with E-state index in [1.54, 1.807) is 14.2 Å². The Morgan fingerprint density at radius 3 is 2.29 bits per heavy atom. The largest absolute Gasteiger partial charge is 0.497 e. The van der Waals surface area contributed by atoms with Gasteiger partial charge in [-0.05, 0) is 36.4 Å². The van der Waals surface area contributed by atoms with Crippen LogP contribution in [-0.2, 0) is 0 Å².